The molecule has 2 fully saturated rings. The van der Waals surface area contributed by atoms with E-state index in [1.165, 1.54) is 21.3 Å². The third kappa shape index (κ3) is 6.07. The predicted molar refractivity (Wildman–Crippen MR) is 186 cm³/mol. The summed E-state index contributed by atoms with van der Waals surface area (Å²) in [6, 6.07) is 16.3. The summed E-state index contributed by atoms with van der Waals surface area (Å²) < 4.78 is 22.4. The summed E-state index contributed by atoms with van der Waals surface area (Å²) in [4.78, 5) is 31.1. The molecule has 0 radical (unpaired) electrons. The summed E-state index contributed by atoms with van der Waals surface area (Å²) in [7, 11) is 6.14. The van der Waals surface area contributed by atoms with Crippen LogP contribution in [-0.4, -0.2) is 70.3 Å². The molecule has 12 heteroatoms. The monoisotopic (exact) mass is 705 g/mol. The number of benzene rings is 3. The predicted octanol–water partition coefficient (Wildman–Crippen LogP) is 6.26. The molecule has 3 aromatic rings. The second-order valence-corrected chi connectivity index (χ2v) is 12.6. The van der Waals surface area contributed by atoms with Crippen LogP contribution in [0.1, 0.15) is 53.6 Å². The minimum Gasteiger partial charge on any atom is -0.497 e. The average molecular weight is 707 g/mol. The van der Waals surface area contributed by atoms with Crippen molar-refractivity contribution in [2.75, 3.05) is 48.1 Å². The lowest BCUT2D eigenvalue weighted by Crippen LogP contribution is -2.70. The molecule has 2 aliphatic heterocycles. The van der Waals surface area contributed by atoms with Crippen molar-refractivity contribution in [3.8, 4) is 23.0 Å². The molecule has 3 N–H and O–H groups in total. The number of hydrogen-bond acceptors (Lipinski definition) is 7. The molecular formula is C35H42Cl3N3O6. The van der Waals surface area contributed by atoms with E-state index in [0.29, 0.717) is 51.6 Å². The second kappa shape index (κ2) is 14.8. The third-order valence-electron chi connectivity index (χ3n) is 10.0. The van der Waals surface area contributed by atoms with Gasteiger partial charge in [0.1, 0.15) is 5.75 Å². The van der Waals surface area contributed by atoms with Crippen molar-refractivity contribution in [1.29, 1.82) is 0 Å². The molecule has 0 aromatic heterocycles. The van der Waals surface area contributed by atoms with Crippen molar-refractivity contribution >= 4 is 47.4 Å². The minimum absolute atomic E-state index is 0. The number of carbonyl (C=O) groups excluding carboxylic acids is 2. The molecule has 47 heavy (non-hydrogen) atoms. The Hall–Kier alpha value is -3.37. The summed E-state index contributed by atoms with van der Waals surface area (Å²) in [5, 5.41) is 4.25. The van der Waals surface area contributed by atoms with Gasteiger partial charge in [-0.05, 0) is 79.3 Å². The van der Waals surface area contributed by atoms with Gasteiger partial charge < -0.3 is 34.9 Å². The van der Waals surface area contributed by atoms with E-state index in [9.17, 15) is 9.59 Å². The van der Waals surface area contributed by atoms with Crippen LogP contribution in [-0.2, 0) is 10.2 Å². The van der Waals surface area contributed by atoms with Gasteiger partial charge in [0.15, 0.2) is 11.5 Å². The average Bonchev–Trinajstić information content (AvgIpc) is 3.63. The highest BCUT2D eigenvalue weighted by Gasteiger charge is 2.64. The van der Waals surface area contributed by atoms with Gasteiger partial charge in [0.05, 0.1) is 49.4 Å². The number of halogens is 3. The van der Waals surface area contributed by atoms with Crippen LogP contribution in [0.4, 0.5) is 0 Å². The lowest BCUT2D eigenvalue weighted by Gasteiger charge is -2.61. The maximum atomic E-state index is 15.0. The Morgan fingerprint density at radius 3 is 2.19 bits per heavy atom. The zero-order valence-corrected chi connectivity index (χ0v) is 29.6. The fourth-order valence-corrected chi connectivity index (χ4v) is 8.29. The van der Waals surface area contributed by atoms with Crippen molar-refractivity contribution < 1.29 is 28.5 Å². The Balaban J connectivity index is 0.00000500. The van der Waals surface area contributed by atoms with E-state index in [1.807, 2.05) is 41.3 Å². The topological polar surface area (TPSA) is 112 Å². The summed E-state index contributed by atoms with van der Waals surface area (Å²) in [6.07, 6.45) is 1.58. The first-order chi connectivity index (χ1) is 22.1. The Bertz CT molecular complexity index is 1590. The molecule has 254 valence electrons. The summed E-state index contributed by atoms with van der Waals surface area (Å²) in [5.74, 6) is 0.392. The molecule has 5 rings (SSSR count). The Morgan fingerprint density at radius 1 is 0.957 bits per heavy atom. The van der Waals surface area contributed by atoms with Crippen LogP contribution in [0, 0.1) is 5.92 Å². The first-order valence-electron chi connectivity index (χ1n) is 15.3. The second-order valence-electron chi connectivity index (χ2n) is 11.8. The lowest BCUT2D eigenvalue weighted by molar-refractivity contribution is -0.131. The van der Waals surface area contributed by atoms with Crippen LogP contribution in [0.5, 0.6) is 23.0 Å². The fraction of sp³-hybridized carbons (Fsp3) is 0.429. The van der Waals surface area contributed by atoms with Gasteiger partial charge in [0, 0.05) is 24.6 Å². The largest absolute Gasteiger partial charge is 0.497 e. The van der Waals surface area contributed by atoms with Crippen molar-refractivity contribution in [2.24, 2.45) is 11.7 Å². The first-order valence-corrected chi connectivity index (χ1v) is 16.1. The summed E-state index contributed by atoms with van der Waals surface area (Å²) in [5.41, 5.74) is 6.28. The van der Waals surface area contributed by atoms with Crippen LogP contribution in [0.15, 0.2) is 54.6 Å². The molecule has 2 heterocycles. The van der Waals surface area contributed by atoms with Gasteiger partial charge in [0.25, 0.3) is 5.91 Å². The Labute approximate surface area is 292 Å². The van der Waals surface area contributed by atoms with Gasteiger partial charge in [-0.1, -0.05) is 48.3 Å². The number of nitrogens with one attached hydrogen (secondary N) is 1. The van der Waals surface area contributed by atoms with Crippen molar-refractivity contribution in [2.45, 2.75) is 43.1 Å². The molecule has 0 aliphatic carbocycles. The molecule has 9 nitrogen and oxygen atoms in total. The molecule has 0 saturated carbocycles. The number of methoxy groups -OCH3 is 4. The quantitative estimate of drug-likeness (QED) is 0.256. The highest BCUT2D eigenvalue weighted by molar-refractivity contribution is 6.42. The number of hydrogen-bond donors (Lipinski definition) is 2. The van der Waals surface area contributed by atoms with E-state index in [-0.39, 0.29) is 37.2 Å². The minimum atomic E-state index is -1.23. The Kier molecular flexibility index (Phi) is 11.5. The normalized spacial score (nSPS) is 23.9. The van der Waals surface area contributed by atoms with E-state index in [2.05, 4.69) is 12.2 Å². The van der Waals surface area contributed by atoms with E-state index in [1.54, 1.807) is 25.3 Å². The van der Waals surface area contributed by atoms with Crippen LogP contribution in [0.2, 0.25) is 10.0 Å². The van der Waals surface area contributed by atoms with Gasteiger partial charge in [0.2, 0.25) is 11.7 Å². The van der Waals surface area contributed by atoms with Gasteiger partial charge in [-0.15, -0.1) is 12.4 Å². The zero-order chi connectivity index (χ0) is 33.2. The van der Waals surface area contributed by atoms with Gasteiger partial charge in [-0.2, -0.15) is 0 Å². The van der Waals surface area contributed by atoms with E-state index in [0.717, 1.165) is 24.1 Å². The number of nitrogens with two attached hydrogens (primary N) is 1. The number of amides is 2. The van der Waals surface area contributed by atoms with Crippen LogP contribution < -0.4 is 30.0 Å². The van der Waals surface area contributed by atoms with Crippen molar-refractivity contribution in [1.82, 2.24) is 10.2 Å². The van der Waals surface area contributed by atoms with Gasteiger partial charge in [-0.25, -0.2) is 0 Å². The standard InChI is InChI=1S/C35H41Cl2N3O6.ClH/c1-6-35(24-12-14-39-20-24)31(21-10-11-26(36)27(37)16-21)34(33(38)42,23-8-7-9-25(19-23)43-2)13-15-40(35)32(41)22-17-28(44-3)30(46-5)29(18-22)45-4;/h7-11,16-19,24,31,39H,6,12-15,20H2,1-5H3,(H2,38,42);1H. The smallest absolute Gasteiger partial charge is 0.254 e. The number of ether oxygens (including phenoxy) is 4. The van der Waals surface area contributed by atoms with Crippen LogP contribution >= 0.6 is 35.6 Å². The molecule has 4 atom stereocenters. The van der Waals surface area contributed by atoms with Crippen molar-refractivity contribution in [3.05, 3.63) is 81.3 Å². The van der Waals surface area contributed by atoms with Gasteiger partial charge in [-0.3, -0.25) is 9.59 Å². The number of likely N-dealkylation sites (tertiary alicyclic amines) is 1. The number of primary amides is 1. The SMILES string of the molecule is CCC1(C2CCNC2)C(c2ccc(Cl)c(Cl)c2)C(C(N)=O)(c2cccc(OC)c2)CCN1C(=O)c1cc(OC)c(OC)c(OC)c1.Cl. The lowest BCUT2D eigenvalue weighted by atomic mass is 9.51. The Morgan fingerprint density at radius 2 is 1.66 bits per heavy atom. The molecule has 0 spiro atoms. The number of carbonyl (C=O) groups is 2. The molecule has 3 aromatic carbocycles. The summed E-state index contributed by atoms with van der Waals surface area (Å²) >= 11 is 13.1. The highest BCUT2D eigenvalue weighted by atomic mass is 35.5. The van der Waals surface area contributed by atoms with E-state index in [4.69, 9.17) is 47.9 Å². The fourth-order valence-electron chi connectivity index (χ4n) is 7.98. The molecule has 2 amide bonds. The molecule has 2 saturated heterocycles. The van der Waals surface area contributed by atoms with Crippen LogP contribution in [0.3, 0.4) is 0 Å². The van der Waals surface area contributed by atoms with Crippen molar-refractivity contribution in [3.63, 3.8) is 0 Å². The van der Waals surface area contributed by atoms with Crippen LogP contribution in [0.25, 0.3) is 0 Å². The maximum absolute atomic E-state index is 15.0. The third-order valence-corrected chi connectivity index (χ3v) is 10.8. The molecular weight excluding hydrogens is 665 g/mol. The van der Waals surface area contributed by atoms with Gasteiger partial charge >= 0.3 is 0 Å². The van der Waals surface area contributed by atoms with E-state index >= 15 is 0 Å². The molecule has 0 bridgehead atoms. The number of piperidine rings is 1. The number of rotatable bonds is 10. The maximum Gasteiger partial charge on any atom is 0.254 e. The van der Waals surface area contributed by atoms with E-state index < -0.39 is 22.8 Å². The molecule has 4 unspecified atom stereocenters. The highest BCUT2D eigenvalue weighted by Crippen LogP contribution is 2.59. The summed E-state index contributed by atoms with van der Waals surface area (Å²) in [6.45, 7) is 3.76. The number of nitrogens with zero attached hydrogens (tertiary/aromatic N) is 1. The first kappa shape index (κ1) is 36.5. The molecule has 2 aliphatic rings. The zero-order valence-electron chi connectivity index (χ0n) is 27.2.